The van der Waals surface area contributed by atoms with Crippen LogP contribution < -0.4 is 4.74 Å². The summed E-state index contributed by atoms with van der Waals surface area (Å²) >= 11 is 0. The summed E-state index contributed by atoms with van der Waals surface area (Å²) < 4.78 is 11.0. The Labute approximate surface area is 194 Å². The van der Waals surface area contributed by atoms with Crippen molar-refractivity contribution in [1.29, 1.82) is 0 Å². The van der Waals surface area contributed by atoms with Crippen LogP contribution in [0.25, 0.3) is 11.4 Å². The highest BCUT2D eigenvalue weighted by Gasteiger charge is 2.10. The normalized spacial score (nSPS) is 11.8. The molecule has 0 aliphatic heterocycles. The maximum absolute atomic E-state index is 11.1. The molecule has 0 fully saturated rings. The summed E-state index contributed by atoms with van der Waals surface area (Å²) in [6, 6.07) is 8.22. The minimum absolute atomic E-state index is 0.0617. The van der Waals surface area contributed by atoms with E-state index in [2.05, 4.69) is 29.0 Å². The lowest BCUT2D eigenvalue weighted by molar-refractivity contribution is -0.145. The van der Waals surface area contributed by atoms with Gasteiger partial charge in [-0.05, 0) is 38.2 Å². The predicted octanol–water partition coefficient (Wildman–Crippen LogP) is 6.94. The second-order valence-corrected chi connectivity index (χ2v) is 8.54. The van der Waals surface area contributed by atoms with E-state index in [0.717, 1.165) is 43.6 Å². The first-order chi connectivity index (χ1) is 15.6. The molecule has 0 aliphatic carbocycles. The average Bonchev–Trinajstić information content (AvgIpc) is 2.78. The van der Waals surface area contributed by atoms with Gasteiger partial charge < -0.3 is 9.47 Å². The van der Waals surface area contributed by atoms with Crippen molar-refractivity contribution in [2.75, 3.05) is 6.61 Å². The van der Waals surface area contributed by atoms with Gasteiger partial charge in [-0.1, -0.05) is 76.1 Å². The lowest BCUT2D eigenvalue weighted by atomic mass is 10.0. The van der Waals surface area contributed by atoms with Crippen LogP contribution in [0.4, 0.5) is 0 Å². The van der Waals surface area contributed by atoms with Gasteiger partial charge in [0.25, 0.3) is 0 Å². The lowest BCUT2D eigenvalue weighted by Gasteiger charge is -2.13. The number of carbonyl (C=O) groups is 1. The zero-order chi connectivity index (χ0) is 23.0. The number of hydrogen-bond acceptors (Lipinski definition) is 5. The van der Waals surface area contributed by atoms with Crippen LogP contribution >= 0.6 is 0 Å². The SMILES string of the molecule is CCCCCCCCCCOc1cnc(-c2ccccc2CCCC(C)OC(C)=O)nc1. The summed E-state index contributed by atoms with van der Waals surface area (Å²) in [7, 11) is 0. The van der Waals surface area contributed by atoms with E-state index in [9.17, 15) is 4.79 Å². The standard InChI is InChI=1S/C27H40N2O3/c1-4-5-6-7-8-9-10-13-19-31-25-20-28-27(29-21-25)26-18-12-11-16-24(26)17-14-15-22(2)32-23(3)30/h11-12,16,18,20-22H,4-10,13-15,17,19H2,1-3H3. The second kappa shape index (κ2) is 15.4. The lowest BCUT2D eigenvalue weighted by Crippen LogP contribution is -2.12. The quantitative estimate of drug-likeness (QED) is 0.209. The highest BCUT2D eigenvalue weighted by molar-refractivity contribution is 5.66. The summed E-state index contributed by atoms with van der Waals surface area (Å²) in [5, 5.41) is 0. The van der Waals surface area contributed by atoms with Crippen LogP contribution in [0, 0.1) is 0 Å². The summed E-state index contributed by atoms with van der Waals surface area (Å²) in [6.45, 7) is 6.35. The van der Waals surface area contributed by atoms with E-state index in [1.165, 1.54) is 57.4 Å². The molecule has 0 saturated heterocycles. The molecule has 1 unspecified atom stereocenters. The third kappa shape index (κ3) is 10.3. The zero-order valence-corrected chi connectivity index (χ0v) is 20.1. The number of hydrogen-bond donors (Lipinski definition) is 0. The molecule has 1 heterocycles. The van der Waals surface area contributed by atoms with Gasteiger partial charge in [0.15, 0.2) is 11.6 Å². The molecular weight excluding hydrogens is 400 g/mol. The average molecular weight is 441 g/mol. The van der Waals surface area contributed by atoms with Crippen LogP contribution in [0.15, 0.2) is 36.7 Å². The van der Waals surface area contributed by atoms with Crippen molar-refractivity contribution < 1.29 is 14.3 Å². The van der Waals surface area contributed by atoms with Crippen molar-refractivity contribution in [1.82, 2.24) is 9.97 Å². The molecule has 2 rings (SSSR count). The molecule has 176 valence electrons. The number of rotatable bonds is 16. The number of ether oxygens (including phenoxy) is 2. The first-order valence-corrected chi connectivity index (χ1v) is 12.3. The summed E-state index contributed by atoms with van der Waals surface area (Å²) in [6.07, 6.45) is 16.4. The molecule has 1 aromatic carbocycles. The van der Waals surface area contributed by atoms with Crippen LogP contribution in [-0.4, -0.2) is 28.6 Å². The Morgan fingerprint density at radius 2 is 1.59 bits per heavy atom. The minimum atomic E-state index is -0.226. The van der Waals surface area contributed by atoms with Crippen molar-refractivity contribution in [3.05, 3.63) is 42.2 Å². The van der Waals surface area contributed by atoms with Gasteiger partial charge in [0.05, 0.1) is 25.1 Å². The van der Waals surface area contributed by atoms with E-state index in [4.69, 9.17) is 9.47 Å². The van der Waals surface area contributed by atoms with Crippen molar-refractivity contribution in [3.8, 4) is 17.1 Å². The Kier molecular flexibility index (Phi) is 12.4. The van der Waals surface area contributed by atoms with Gasteiger partial charge in [-0.2, -0.15) is 0 Å². The first kappa shape index (κ1) is 25.8. The Morgan fingerprint density at radius 1 is 0.938 bits per heavy atom. The van der Waals surface area contributed by atoms with Crippen LogP contribution in [0.2, 0.25) is 0 Å². The van der Waals surface area contributed by atoms with Gasteiger partial charge in [-0.15, -0.1) is 0 Å². The zero-order valence-electron chi connectivity index (χ0n) is 20.1. The molecule has 2 aromatic rings. The molecule has 5 nitrogen and oxygen atoms in total. The fourth-order valence-corrected chi connectivity index (χ4v) is 3.83. The number of carbonyl (C=O) groups excluding carboxylic acids is 1. The predicted molar refractivity (Wildman–Crippen MR) is 130 cm³/mol. The molecule has 0 aliphatic rings. The molecule has 0 radical (unpaired) electrons. The second-order valence-electron chi connectivity index (χ2n) is 8.54. The van der Waals surface area contributed by atoms with Gasteiger partial charge in [0, 0.05) is 12.5 Å². The fourth-order valence-electron chi connectivity index (χ4n) is 3.83. The number of aryl methyl sites for hydroxylation is 1. The number of nitrogens with zero attached hydrogens (tertiary/aromatic N) is 2. The van der Waals surface area contributed by atoms with Crippen molar-refractivity contribution in [2.24, 2.45) is 0 Å². The molecular formula is C27H40N2O3. The Morgan fingerprint density at radius 3 is 2.28 bits per heavy atom. The fraction of sp³-hybridized carbons (Fsp3) is 0.593. The number of unbranched alkanes of at least 4 members (excludes halogenated alkanes) is 7. The van der Waals surface area contributed by atoms with Gasteiger partial charge in [0.2, 0.25) is 0 Å². The summed E-state index contributed by atoms with van der Waals surface area (Å²) in [5.41, 5.74) is 2.25. The van der Waals surface area contributed by atoms with E-state index in [1.54, 1.807) is 12.4 Å². The molecule has 1 atom stereocenters. The molecule has 5 heteroatoms. The van der Waals surface area contributed by atoms with E-state index >= 15 is 0 Å². The maximum atomic E-state index is 11.1. The topological polar surface area (TPSA) is 61.3 Å². The number of benzene rings is 1. The van der Waals surface area contributed by atoms with Gasteiger partial charge in [-0.25, -0.2) is 9.97 Å². The molecule has 0 bridgehead atoms. The summed E-state index contributed by atoms with van der Waals surface area (Å²) in [4.78, 5) is 20.1. The van der Waals surface area contributed by atoms with Crippen LogP contribution in [-0.2, 0) is 16.0 Å². The Hall–Kier alpha value is -2.43. The molecule has 0 spiro atoms. The maximum Gasteiger partial charge on any atom is 0.302 e. The number of esters is 1. The summed E-state index contributed by atoms with van der Waals surface area (Å²) in [5.74, 6) is 1.22. The largest absolute Gasteiger partial charge is 0.490 e. The Bertz CT molecular complexity index is 777. The molecule has 32 heavy (non-hydrogen) atoms. The van der Waals surface area contributed by atoms with Crippen LogP contribution in [0.1, 0.15) is 90.5 Å². The van der Waals surface area contributed by atoms with E-state index < -0.39 is 0 Å². The Balaban J connectivity index is 1.76. The van der Waals surface area contributed by atoms with E-state index in [0.29, 0.717) is 5.82 Å². The molecule has 0 saturated carbocycles. The minimum Gasteiger partial charge on any atom is -0.490 e. The molecule has 0 N–H and O–H groups in total. The molecule has 1 aromatic heterocycles. The van der Waals surface area contributed by atoms with Gasteiger partial charge >= 0.3 is 5.97 Å². The monoisotopic (exact) mass is 440 g/mol. The number of aromatic nitrogens is 2. The van der Waals surface area contributed by atoms with Gasteiger partial charge in [0.1, 0.15) is 0 Å². The smallest absolute Gasteiger partial charge is 0.302 e. The van der Waals surface area contributed by atoms with Crippen molar-refractivity contribution in [3.63, 3.8) is 0 Å². The highest BCUT2D eigenvalue weighted by atomic mass is 16.5. The highest BCUT2D eigenvalue weighted by Crippen LogP contribution is 2.23. The third-order valence-electron chi connectivity index (χ3n) is 5.58. The van der Waals surface area contributed by atoms with Gasteiger partial charge in [-0.3, -0.25) is 4.79 Å². The van der Waals surface area contributed by atoms with E-state index in [1.807, 2.05) is 19.1 Å². The van der Waals surface area contributed by atoms with Crippen molar-refractivity contribution >= 4 is 5.97 Å². The molecule has 0 amide bonds. The first-order valence-electron chi connectivity index (χ1n) is 12.3. The van der Waals surface area contributed by atoms with Crippen LogP contribution in [0.3, 0.4) is 0 Å². The van der Waals surface area contributed by atoms with Crippen LogP contribution in [0.5, 0.6) is 5.75 Å². The van der Waals surface area contributed by atoms with Crippen molar-refractivity contribution in [2.45, 2.75) is 97.5 Å². The third-order valence-corrected chi connectivity index (χ3v) is 5.58. The van der Waals surface area contributed by atoms with E-state index in [-0.39, 0.29) is 12.1 Å².